The summed E-state index contributed by atoms with van der Waals surface area (Å²) in [6.45, 7) is 9.91. The van der Waals surface area contributed by atoms with E-state index >= 15 is 0 Å². The Morgan fingerprint density at radius 2 is 0.828 bits per heavy atom. The van der Waals surface area contributed by atoms with Gasteiger partial charge in [0.25, 0.3) is 0 Å². The van der Waals surface area contributed by atoms with Crippen molar-refractivity contribution in [1.29, 1.82) is 0 Å². The Labute approximate surface area is 180 Å². The van der Waals surface area contributed by atoms with Crippen LogP contribution in [0.25, 0.3) is 0 Å². The number of esters is 2. The molecule has 0 rings (SSSR count). The second kappa shape index (κ2) is 20.2. The van der Waals surface area contributed by atoms with Crippen LogP contribution in [0.5, 0.6) is 0 Å². The van der Waals surface area contributed by atoms with Crippen LogP contribution in [0.2, 0.25) is 0 Å². The highest BCUT2D eigenvalue weighted by atomic mass is 16.5. The molecule has 0 heterocycles. The van der Waals surface area contributed by atoms with Crippen molar-refractivity contribution in [3.8, 4) is 0 Å². The van der Waals surface area contributed by atoms with Gasteiger partial charge in [0.1, 0.15) is 0 Å². The molecule has 0 aliphatic heterocycles. The van der Waals surface area contributed by atoms with Gasteiger partial charge in [0, 0.05) is 12.8 Å². The number of unbranched alkanes of at least 4 members (excludes halogenated alkanes) is 8. The summed E-state index contributed by atoms with van der Waals surface area (Å²) in [5, 5.41) is 0. The molecule has 4 nitrogen and oxygen atoms in total. The van der Waals surface area contributed by atoms with E-state index < -0.39 is 0 Å². The van der Waals surface area contributed by atoms with Crippen LogP contribution in [0, 0.1) is 11.8 Å². The fourth-order valence-corrected chi connectivity index (χ4v) is 3.28. The molecule has 0 spiro atoms. The Bertz CT molecular complexity index is 354. The average molecular weight is 413 g/mol. The summed E-state index contributed by atoms with van der Waals surface area (Å²) >= 11 is 0. The lowest BCUT2D eigenvalue weighted by molar-refractivity contribution is -0.144. The molecular weight excluding hydrogens is 364 g/mol. The van der Waals surface area contributed by atoms with Crippen molar-refractivity contribution in [3.63, 3.8) is 0 Å². The van der Waals surface area contributed by atoms with Crippen molar-refractivity contribution in [2.45, 2.75) is 124 Å². The SMILES string of the molecule is CC(C)CCCOC(=O)CCCCCCCCCCCC(=O)OCCCC(C)C. The highest BCUT2D eigenvalue weighted by Gasteiger charge is 2.04. The van der Waals surface area contributed by atoms with Crippen molar-refractivity contribution in [2.75, 3.05) is 13.2 Å². The summed E-state index contributed by atoms with van der Waals surface area (Å²) < 4.78 is 10.5. The van der Waals surface area contributed by atoms with Gasteiger partial charge in [0.05, 0.1) is 13.2 Å². The maximum Gasteiger partial charge on any atom is 0.305 e. The van der Waals surface area contributed by atoms with Gasteiger partial charge in [0.2, 0.25) is 0 Å². The van der Waals surface area contributed by atoms with E-state index in [1.807, 2.05) is 0 Å². The Morgan fingerprint density at radius 3 is 1.14 bits per heavy atom. The summed E-state index contributed by atoms with van der Waals surface area (Å²) in [6.07, 6.45) is 15.6. The van der Waals surface area contributed by atoms with Crippen molar-refractivity contribution in [2.24, 2.45) is 11.8 Å². The second-order valence-corrected chi connectivity index (χ2v) is 9.20. The minimum absolute atomic E-state index is 0.0350. The first kappa shape index (κ1) is 27.9. The van der Waals surface area contributed by atoms with Gasteiger partial charge in [0.15, 0.2) is 0 Å². The van der Waals surface area contributed by atoms with Gasteiger partial charge in [-0.2, -0.15) is 0 Å². The van der Waals surface area contributed by atoms with Gasteiger partial charge in [-0.25, -0.2) is 0 Å². The lowest BCUT2D eigenvalue weighted by atomic mass is 10.1. The van der Waals surface area contributed by atoms with Gasteiger partial charge < -0.3 is 9.47 Å². The van der Waals surface area contributed by atoms with Gasteiger partial charge in [-0.15, -0.1) is 0 Å². The zero-order valence-electron chi connectivity index (χ0n) is 19.8. The summed E-state index contributed by atoms with van der Waals surface area (Å²) in [5.74, 6) is 1.28. The summed E-state index contributed by atoms with van der Waals surface area (Å²) in [5.41, 5.74) is 0. The van der Waals surface area contributed by atoms with Crippen molar-refractivity contribution in [1.82, 2.24) is 0 Å². The molecule has 4 heteroatoms. The second-order valence-electron chi connectivity index (χ2n) is 9.20. The monoisotopic (exact) mass is 412 g/mol. The third-order valence-electron chi connectivity index (χ3n) is 5.14. The highest BCUT2D eigenvalue weighted by Crippen LogP contribution is 2.12. The van der Waals surface area contributed by atoms with E-state index in [0.717, 1.165) is 51.4 Å². The minimum Gasteiger partial charge on any atom is -0.466 e. The maximum absolute atomic E-state index is 11.6. The molecule has 0 saturated carbocycles. The largest absolute Gasteiger partial charge is 0.466 e. The van der Waals surface area contributed by atoms with E-state index in [0.29, 0.717) is 37.9 Å². The molecule has 172 valence electrons. The maximum atomic E-state index is 11.6. The van der Waals surface area contributed by atoms with Crippen LogP contribution in [0.1, 0.15) is 124 Å². The molecule has 0 unspecified atom stereocenters. The Morgan fingerprint density at radius 1 is 0.517 bits per heavy atom. The van der Waals surface area contributed by atoms with E-state index in [2.05, 4.69) is 27.7 Å². The van der Waals surface area contributed by atoms with Crippen LogP contribution < -0.4 is 0 Å². The normalized spacial score (nSPS) is 11.2. The van der Waals surface area contributed by atoms with Crippen LogP contribution in [0.4, 0.5) is 0 Å². The third-order valence-corrected chi connectivity index (χ3v) is 5.14. The standard InChI is InChI=1S/C25H48O4/c1-22(2)16-14-20-28-24(26)18-12-10-8-6-5-7-9-11-13-19-25(27)29-21-15-17-23(3)4/h22-23H,5-21H2,1-4H3. The molecule has 0 saturated heterocycles. The zero-order chi connectivity index (χ0) is 21.7. The molecule has 0 fully saturated rings. The Kier molecular flexibility index (Phi) is 19.5. The lowest BCUT2D eigenvalue weighted by Crippen LogP contribution is -2.06. The highest BCUT2D eigenvalue weighted by molar-refractivity contribution is 5.69. The molecule has 0 aromatic heterocycles. The summed E-state index contributed by atoms with van der Waals surface area (Å²) in [7, 11) is 0. The predicted octanol–water partition coefficient (Wildman–Crippen LogP) is 7.24. The first-order valence-electron chi connectivity index (χ1n) is 12.2. The molecule has 0 aromatic rings. The number of hydrogen-bond donors (Lipinski definition) is 0. The quantitative estimate of drug-likeness (QED) is 0.156. The summed E-state index contributed by atoms with van der Waals surface area (Å²) in [4.78, 5) is 23.2. The van der Waals surface area contributed by atoms with E-state index in [1.54, 1.807) is 0 Å². The van der Waals surface area contributed by atoms with E-state index in [4.69, 9.17) is 9.47 Å². The van der Waals surface area contributed by atoms with Gasteiger partial charge in [-0.3, -0.25) is 9.59 Å². The van der Waals surface area contributed by atoms with Crippen LogP contribution in [0.15, 0.2) is 0 Å². The molecule has 29 heavy (non-hydrogen) atoms. The van der Waals surface area contributed by atoms with E-state index in [1.165, 1.54) is 32.1 Å². The number of hydrogen-bond acceptors (Lipinski definition) is 4. The number of carbonyl (C=O) groups is 2. The lowest BCUT2D eigenvalue weighted by Gasteiger charge is -2.07. The van der Waals surface area contributed by atoms with Crippen LogP contribution in [0.3, 0.4) is 0 Å². The van der Waals surface area contributed by atoms with Gasteiger partial charge >= 0.3 is 11.9 Å². The van der Waals surface area contributed by atoms with Crippen molar-refractivity contribution in [3.05, 3.63) is 0 Å². The number of carbonyl (C=O) groups excluding carboxylic acids is 2. The fraction of sp³-hybridized carbons (Fsp3) is 0.920. The molecule has 0 bridgehead atoms. The van der Waals surface area contributed by atoms with E-state index in [-0.39, 0.29) is 11.9 Å². The third kappa shape index (κ3) is 23.1. The average Bonchev–Trinajstić information content (AvgIpc) is 2.66. The van der Waals surface area contributed by atoms with Crippen LogP contribution in [-0.2, 0) is 19.1 Å². The Balaban J connectivity index is 3.25. The van der Waals surface area contributed by atoms with Crippen LogP contribution in [-0.4, -0.2) is 25.2 Å². The predicted molar refractivity (Wildman–Crippen MR) is 121 cm³/mol. The zero-order valence-corrected chi connectivity index (χ0v) is 19.8. The molecule has 0 aliphatic carbocycles. The summed E-state index contributed by atoms with van der Waals surface area (Å²) in [6, 6.07) is 0. The topological polar surface area (TPSA) is 52.6 Å². The van der Waals surface area contributed by atoms with Gasteiger partial charge in [-0.1, -0.05) is 72.6 Å². The molecule has 0 amide bonds. The van der Waals surface area contributed by atoms with Crippen molar-refractivity contribution >= 4 is 11.9 Å². The molecular formula is C25H48O4. The number of rotatable bonds is 20. The first-order chi connectivity index (χ1) is 13.9. The number of ether oxygens (including phenoxy) is 2. The Hall–Kier alpha value is -1.06. The first-order valence-corrected chi connectivity index (χ1v) is 12.2. The molecule has 0 atom stereocenters. The van der Waals surface area contributed by atoms with Crippen LogP contribution >= 0.6 is 0 Å². The minimum atomic E-state index is -0.0350. The van der Waals surface area contributed by atoms with Crippen molar-refractivity contribution < 1.29 is 19.1 Å². The van der Waals surface area contributed by atoms with Gasteiger partial charge in [-0.05, 0) is 50.4 Å². The molecule has 0 N–H and O–H groups in total. The fourth-order valence-electron chi connectivity index (χ4n) is 3.28. The molecule has 0 aromatic carbocycles. The molecule has 0 radical (unpaired) electrons. The molecule has 0 aliphatic rings. The van der Waals surface area contributed by atoms with E-state index in [9.17, 15) is 9.59 Å². The smallest absolute Gasteiger partial charge is 0.305 e.